The second-order valence-corrected chi connectivity index (χ2v) is 4.35. The molecule has 0 unspecified atom stereocenters. The molecule has 1 nitrogen and oxygen atoms in total. The summed E-state index contributed by atoms with van der Waals surface area (Å²) >= 11 is 4.97. The Morgan fingerprint density at radius 2 is 2.13 bits per heavy atom. The molecule has 0 fully saturated rings. The van der Waals surface area contributed by atoms with E-state index in [-0.39, 0.29) is 5.56 Å². The Hall–Kier alpha value is -0.550. The molecule has 0 N–H and O–H groups in total. The number of halogens is 2. The molecule has 0 aliphatic heterocycles. The zero-order valence-corrected chi connectivity index (χ0v) is 9.58. The number of benzene rings is 1. The Kier molecular flexibility index (Phi) is 5.11. The first-order valence-electron chi connectivity index (χ1n) is 4.38. The summed E-state index contributed by atoms with van der Waals surface area (Å²) in [7, 11) is 0. The van der Waals surface area contributed by atoms with E-state index < -0.39 is 16.7 Å². The summed E-state index contributed by atoms with van der Waals surface area (Å²) in [6, 6.07) is 2.87. The number of rotatable bonds is 4. The van der Waals surface area contributed by atoms with Gasteiger partial charge in [-0.15, -0.1) is 0 Å². The fourth-order valence-electron chi connectivity index (χ4n) is 0.961. The summed E-state index contributed by atoms with van der Waals surface area (Å²) in [4.78, 5) is 11.4. The highest BCUT2D eigenvalue weighted by Gasteiger charge is 2.12. The first-order chi connectivity index (χ1) is 7.15. The number of hydrogen-bond donors (Lipinski definition) is 1. The summed E-state index contributed by atoms with van der Waals surface area (Å²) in [5, 5.41) is -0.436. The summed E-state index contributed by atoms with van der Waals surface area (Å²) < 4.78 is 25.9. The molecule has 1 rings (SSSR count). The summed E-state index contributed by atoms with van der Waals surface area (Å²) in [5.41, 5.74) is -0.195. The minimum Gasteiger partial charge on any atom is -0.281 e. The molecule has 0 saturated carbocycles. The zero-order chi connectivity index (χ0) is 11.3. The van der Waals surface area contributed by atoms with E-state index in [0.29, 0.717) is 11.5 Å². The molecular weight excluding hydrogens is 238 g/mol. The monoisotopic (exact) mass is 248 g/mol. The van der Waals surface area contributed by atoms with E-state index in [0.717, 1.165) is 36.4 Å². The van der Waals surface area contributed by atoms with Crippen LogP contribution < -0.4 is 0 Å². The second kappa shape index (κ2) is 6.12. The third-order valence-electron chi connectivity index (χ3n) is 1.68. The third-order valence-corrected chi connectivity index (χ3v) is 2.98. The van der Waals surface area contributed by atoms with E-state index in [1.54, 1.807) is 0 Å². The maximum absolute atomic E-state index is 13.1. The van der Waals surface area contributed by atoms with Crippen molar-refractivity contribution in [3.05, 3.63) is 35.4 Å². The molecule has 1 aromatic rings. The van der Waals surface area contributed by atoms with Crippen molar-refractivity contribution >= 4 is 29.5 Å². The Bertz CT molecular complexity index is 355. The van der Waals surface area contributed by atoms with E-state index in [4.69, 9.17) is 0 Å². The molecule has 0 spiro atoms. The van der Waals surface area contributed by atoms with Gasteiger partial charge in [0.2, 0.25) is 5.12 Å². The Labute approximate surface area is 96.7 Å². The highest BCUT2D eigenvalue weighted by molar-refractivity contribution is 8.14. The molecule has 5 heteroatoms. The van der Waals surface area contributed by atoms with Gasteiger partial charge in [-0.2, -0.15) is 12.6 Å². The molecule has 0 aliphatic carbocycles. The van der Waals surface area contributed by atoms with Gasteiger partial charge in [-0.25, -0.2) is 8.78 Å². The van der Waals surface area contributed by atoms with Crippen LogP contribution in [0.4, 0.5) is 8.78 Å². The molecule has 0 heterocycles. The maximum Gasteiger partial charge on any atom is 0.222 e. The second-order valence-electron chi connectivity index (χ2n) is 2.84. The lowest BCUT2D eigenvalue weighted by atomic mass is 10.2. The highest BCUT2D eigenvalue weighted by atomic mass is 32.2. The van der Waals surface area contributed by atoms with Crippen molar-refractivity contribution in [1.82, 2.24) is 0 Å². The lowest BCUT2D eigenvalue weighted by molar-refractivity contribution is 0.108. The molecule has 0 radical (unpaired) electrons. The van der Waals surface area contributed by atoms with E-state index >= 15 is 0 Å². The predicted molar refractivity (Wildman–Crippen MR) is 61.6 cm³/mol. The lowest BCUT2D eigenvalue weighted by Crippen LogP contribution is -2.00. The van der Waals surface area contributed by atoms with Crippen molar-refractivity contribution in [1.29, 1.82) is 0 Å². The van der Waals surface area contributed by atoms with E-state index in [2.05, 4.69) is 12.6 Å². The van der Waals surface area contributed by atoms with Gasteiger partial charge in [-0.05, 0) is 30.4 Å². The number of thiol groups is 1. The SMILES string of the molecule is O=C(SCCCS)c1cc(F)ccc1F. The fourth-order valence-corrected chi connectivity index (χ4v) is 2.12. The molecule has 0 atom stereocenters. The number of carbonyl (C=O) groups is 1. The number of carbonyl (C=O) groups excluding carboxylic acids is 1. The predicted octanol–water partition coefficient (Wildman–Crippen LogP) is 3.16. The molecule has 0 aliphatic rings. The van der Waals surface area contributed by atoms with E-state index in [9.17, 15) is 13.6 Å². The van der Waals surface area contributed by atoms with Crippen molar-refractivity contribution in [3.8, 4) is 0 Å². The first kappa shape index (κ1) is 12.5. The van der Waals surface area contributed by atoms with Crippen LogP contribution in [-0.2, 0) is 0 Å². The van der Waals surface area contributed by atoms with Crippen LogP contribution in [0, 0.1) is 11.6 Å². The van der Waals surface area contributed by atoms with Crippen LogP contribution in [0.25, 0.3) is 0 Å². The van der Waals surface area contributed by atoms with Crippen LogP contribution in [0.1, 0.15) is 16.8 Å². The molecule has 15 heavy (non-hydrogen) atoms. The van der Waals surface area contributed by atoms with Gasteiger partial charge in [0, 0.05) is 5.75 Å². The van der Waals surface area contributed by atoms with Crippen LogP contribution in [0.15, 0.2) is 18.2 Å². The van der Waals surface area contributed by atoms with Crippen LogP contribution in [0.2, 0.25) is 0 Å². The smallest absolute Gasteiger partial charge is 0.222 e. The van der Waals surface area contributed by atoms with Crippen molar-refractivity contribution < 1.29 is 13.6 Å². The maximum atomic E-state index is 13.1. The Balaban J connectivity index is 2.68. The van der Waals surface area contributed by atoms with Gasteiger partial charge in [0.15, 0.2) is 0 Å². The molecule has 0 bridgehead atoms. The minimum atomic E-state index is -0.681. The fraction of sp³-hybridized carbons (Fsp3) is 0.300. The first-order valence-corrected chi connectivity index (χ1v) is 6.00. The normalized spacial score (nSPS) is 10.3. The zero-order valence-electron chi connectivity index (χ0n) is 7.87. The largest absolute Gasteiger partial charge is 0.281 e. The average Bonchev–Trinajstić information content (AvgIpc) is 2.22. The molecule has 0 amide bonds. The minimum absolute atomic E-state index is 0.195. The molecule has 82 valence electrons. The Morgan fingerprint density at radius 1 is 1.40 bits per heavy atom. The number of hydrogen-bond acceptors (Lipinski definition) is 3. The quantitative estimate of drug-likeness (QED) is 0.651. The van der Waals surface area contributed by atoms with Crippen molar-refractivity contribution in [2.75, 3.05) is 11.5 Å². The van der Waals surface area contributed by atoms with Crippen molar-refractivity contribution in [3.63, 3.8) is 0 Å². The summed E-state index contributed by atoms with van der Waals surface area (Å²) in [6.07, 6.45) is 0.760. The lowest BCUT2D eigenvalue weighted by Gasteiger charge is -2.01. The van der Waals surface area contributed by atoms with Gasteiger partial charge in [-0.3, -0.25) is 4.79 Å². The highest BCUT2D eigenvalue weighted by Crippen LogP contribution is 2.17. The van der Waals surface area contributed by atoms with Crippen molar-refractivity contribution in [2.24, 2.45) is 0 Å². The Morgan fingerprint density at radius 3 is 2.80 bits per heavy atom. The van der Waals surface area contributed by atoms with E-state index in [1.165, 1.54) is 0 Å². The van der Waals surface area contributed by atoms with Crippen LogP contribution >= 0.6 is 24.4 Å². The van der Waals surface area contributed by atoms with Crippen LogP contribution in [-0.4, -0.2) is 16.6 Å². The average molecular weight is 248 g/mol. The topological polar surface area (TPSA) is 17.1 Å². The summed E-state index contributed by atoms with van der Waals surface area (Å²) in [6.45, 7) is 0. The van der Waals surface area contributed by atoms with Crippen LogP contribution in [0.5, 0.6) is 0 Å². The van der Waals surface area contributed by atoms with Gasteiger partial charge in [-0.1, -0.05) is 11.8 Å². The molecule has 1 aromatic carbocycles. The number of thioether (sulfide) groups is 1. The van der Waals surface area contributed by atoms with Gasteiger partial charge in [0.1, 0.15) is 11.6 Å². The molecule has 0 aromatic heterocycles. The van der Waals surface area contributed by atoms with Gasteiger partial charge >= 0.3 is 0 Å². The molecular formula is C10H10F2OS2. The standard InChI is InChI=1S/C10H10F2OS2/c11-7-2-3-9(12)8(6-7)10(13)15-5-1-4-14/h2-3,6,14H,1,4-5H2. The van der Waals surface area contributed by atoms with Gasteiger partial charge in [0.05, 0.1) is 5.56 Å². The third kappa shape index (κ3) is 3.83. The van der Waals surface area contributed by atoms with Gasteiger partial charge in [0.25, 0.3) is 0 Å². The van der Waals surface area contributed by atoms with Gasteiger partial charge < -0.3 is 0 Å². The van der Waals surface area contributed by atoms with Crippen molar-refractivity contribution in [2.45, 2.75) is 6.42 Å². The van der Waals surface area contributed by atoms with Crippen LogP contribution in [0.3, 0.4) is 0 Å². The van der Waals surface area contributed by atoms with E-state index in [1.807, 2.05) is 0 Å². The summed E-state index contributed by atoms with van der Waals surface area (Å²) in [5.74, 6) is -0.0428. The molecule has 0 saturated heterocycles.